The average molecular weight is 691 g/mol. The zero-order chi connectivity index (χ0) is 31.2. The van der Waals surface area contributed by atoms with E-state index in [2.05, 4.69) is 72.4 Å². The largest absolute Gasteiger partial charge is 0.344 e. The van der Waals surface area contributed by atoms with Gasteiger partial charge >= 0.3 is 0 Å². The van der Waals surface area contributed by atoms with E-state index in [9.17, 15) is 0 Å². The van der Waals surface area contributed by atoms with Gasteiger partial charge in [0.1, 0.15) is 5.84 Å². The Morgan fingerprint density at radius 3 is 2.07 bits per heavy atom. The minimum Gasteiger partial charge on any atom is -0.344 e. The van der Waals surface area contributed by atoms with Crippen LogP contribution in [-0.2, 0) is 0 Å². The van der Waals surface area contributed by atoms with Crippen molar-refractivity contribution in [3.05, 3.63) is 113 Å². The highest BCUT2D eigenvalue weighted by Gasteiger charge is 2.13. The lowest BCUT2D eigenvalue weighted by atomic mass is 9.98. The molecule has 0 aliphatic carbocycles. The first-order valence-corrected chi connectivity index (χ1v) is 16.3. The fraction of sp³-hybridized carbons (Fsp3) is 0.333. The van der Waals surface area contributed by atoms with Gasteiger partial charge in [-0.1, -0.05) is 136 Å². The summed E-state index contributed by atoms with van der Waals surface area (Å²) in [7, 11) is 0. The van der Waals surface area contributed by atoms with Gasteiger partial charge in [0, 0.05) is 16.8 Å². The fourth-order valence-electron chi connectivity index (χ4n) is 3.62. The van der Waals surface area contributed by atoms with Gasteiger partial charge in [-0.3, -0.25) is 4.99 Å². The van der Waals surface area contributed by atoms with E-state index < -0.39 is 0 Å². The molecule has 2 aromatic carbocycles. The van der Waals surface area contributed by atoms with Crippen LogP contribution in [0, 0.1) is 0 Å². The number of nitrogens with one attached hydrogen (secondary N) is 2. The second-order valence-corrected chi connectivity index (χ2v) is 9.47. The van der Waals surface area contributed by atoms with Crippen LogP contribution in [0.4, 0.5) is 0 Å². The molecule has 0 aliphatic heterocycles. The predicted octanol–water partition coefficient (Wildman–Crippen LogP) is 8.54. The van der Waals surface area contributed by atoms with Crippen molar-refractivity contribution in [1.82, 2.24) is 10.7 Å². The number of hydrogen-bond donors (Lipinski definition) is 4. The summed E-state index contributed by atoms with van der Waals surface area (Å²) in [6.45, 7) is 18.6. The lowest BCUT2D eigenvalue weighted by Gasteiger charge is -2.17. The van der Waals surface area contributed by atoms with Crippen LogP contribution in [0.3, 0.4) is 0 Å². The zero-order valence-electron chi connectivity index (χ0n) is 25.5. The van der Waals surface area contributed by atoms with Gasteiger partial charge in [0.15, 0.2) is 5.84 Å². The molecule has 0 aliphatic rings. The Bertz CT molecular complexity index is 1200. The molecule has 0 saturated carbocycles. The number of nitrogens with zero attached hydrogens (tertiary/aromatic N) is 2. The van der Waals surface area contributed by atoms with Crippen LogP contribution in [0.5, 0.6) is 0 Å². The second-order valence-electron chi connectivity index (χ2n) is 9.06. The fourth-order valence-corrected chi connectivity index (χ4v) is 3.84. The number of halogens is 2. The number of amidine groups is 2. The predicted molar refractivity (Wildman–Crippen MR) is 192 cm³/mol. The smallest absolute Gasteiger partial charge is 0.167 e. The van der Waals surface area contributed by atoms with Crippen LogP contribution in [0.25, 0.3) is 5.57 Å². The van der Waals surface area contributed by atoms with E-state index in [1.807, 2.05) is 85.5 Å². The van der Waals surface area contributed by atoms with Crippen molar-refractivity contribution in [1.29, 1.82) is 0 Å². The van der Waals surface area contributed by atoms with Crippen molar-refractivity contribution < 1.29 is 0 Å². The lowest BCUT2D eigenvalue weighted by Crippen LogP contribution is -2.32. The summed E-state index contributed by atoms with van der Waals surface area (Å²) < 4.78 is 0. The molecule has 1 unspecified atom stereocenters. The molecule has 0 heterocycles. The Hall–Kier alpha value is -2.88. The summed E-state index contributed by atoms with van der Waals surface area (Å²) in [4.78, 5) is 6.95. The van der Waals surface area contributed by atoms with Crippen LogP contribution >= 0.6 is 34.2 Å². The number of hydrazone groups is 1. The minimum atomic E-state index is -0.189. The molecule has 41 heavy (non-hydrogen) atoms. The molecule has 0 amide bonds. The maximum Gasteiger partial charge on any atom is 0.167 e. The maximum atomic E-state index is 6.51. The van der Waals surface area contributed by atoms with Crippen LogP contribution in [-0.4, -0.2) is 22.6 Å². The molecular weight excluding hydrogens is 643 g/mol. The number of hydrazine groups is 1. The van der Waals surface area contributed by atoms with Gasteiger partial charge in [0.05, 0.1) is 11.1 Å². The second kappa shape index (κ2) is 22.8. The minimum absolute atomic E-state index is 0.189. The molecule has 0 spiro atoms. The highest BCUT2D eigenvalue weighted by molar-refractivity contribution is 14.1. The summed E-state index contributed by atoms with van der Waals surface area (Å²) in [6.07, 6.45) is 10.1. The molecule has 6 N–H and O–H groups in total. The number of aliphatic imine (C=N–C) groups is 1. The Labute approximate surface area is 266 Å². The van der Waals surface area contributed by atoms with E-state index in [1.165, 1.54) is 6.42 Å². The summed E-state index contributed by atoms with van der Waals surface area (Å²) in [6, 6.07) is 15.2. The zero-order valence-corrected chi connectivity index (χ0v) is 28.4. The topological polar surface area (TPSA) is 101 Å². The van der Waals surface area contributed by atoms with Crippen molar-refractivity contribution in [3.63, 3.8) is 0 Å². The third-order valence-electron chi connectivity index (χ3n) is 5.70. The first-order chi connectivity index (χ1) is 19.8. The van der Waals surface area contributed by atoms with Gasteiger partial charge in [-0.25, -0.2) is 5.84 Å². The van der Waals surface area contributed by atoms with Crippen LogP contribution in [0.1, 0.15) is 77.0 Å². The monoisotopic (exact) mass is 690 g/mol. The van der Waals surface area contributed by atoms with E-state index >= 15 is 0 Å². The Morgan fingerprint density at radius 2 is 1.56 bits per heavy atom. The molecule has 0 saturated heterocycles. The number of rotatable bonds is 11. The van der Waals surface area contributed by atoms with Gasteiger partial charge in [-0.2, -0.15) is 5.10 Å². The number of hydrogen-bond acceptors (Lipinski definition) is 4. The molecule has 2 rings (SSSR count). The van der Waals surface area contributed by atoms with Crippen molar-refractivity contribution in [2.75, 3.05) is 4.93 Å². The van der Waals surface area contributed by atoms with Gasteiger partial charge < -0.3 is 16.6 Å². The summed E-state index contributed by atoms with van der Waals surface area (Å²) >= 11 is 8.66. The Balaban J connectivity index is 0.00000299. The number of alkyl halides is 1. The van der Waals surface area contributed by atoms with Gasteiger partial charge in [0.2, 0.25) is 0 Å². The third-order valence-corrected chi connectivity index (χ3v) is 6.03. The number of allylic oxidation sites excluding steroid dienone is 4. The third kappa shape index (κ3) is 13.6. The van der Waals surface area contributed by atoms with E-state index in [0.717, 1.165) is 52.8 Å². The Morgan fingerprint density at radius 1 is 1.00 bits per heavy atom. The highest BCUT2D eigenvalue weighted by atomic mass is 127. The van der Waals surface area contributed by atoms with Crippen LogP contribution < -0.4 is 22.4 Å². The molecule has 0 aromatic heterocycles. The summed E-state index contributed by atoms with van der Waals surface area (Å²) in [5.41, 5.74) is 8.01. The quantitative estimate of drug-likeness (QED) is 0.0361. The van der Waals surface area contributed by atoms with Crippen molar-refractivity contribution in [2.45, 2.75) is 66.3 Å². The van der Waals surface area contributed by atoms with Crippen molar-refractivity contribution >= 4 is 51.4 Å². The number of unbranched alkanes of at least 4 members (excludes halogenated alkanes) is 1. The standard InChI is InChI=1S/C29H37ClN6.C3H8.CH3I/c1-6-8-13-21(4)33-28(26-16-11-12-17-27(26)30)34-22(5)23(7-2)19-18-20(3)24-14-9-10-15-25(24)29(35-31)36-32;1-3-2;1-2/h7,9-12,14-19,22H,2,4,6,8,13,31-32H2,1,3,5H3,(H,33,34)(H,35,36);3H2,1-2H3;1H3/b20-18+,23-19+;;. The normalized spacial score (nSPS) is 12.7. The first kappa shape index (κ1) is 38.1. The van der Waals surface area contributed by atoms with E-state index in [4.69, 9.17) is 28.3 Å². The van der Waals surface area contributed by atoms with E-state index in [-0.39, 0.29) is 6.04 Å². The molecule has 1 atom stereocenters. The molecule has 0 fully saturated rings. The summed E-state index contributed by atoms with van der Waals surface area (Å²) in [5, 5.41) is 7.77. The van der Waals surface area contributed by atoms with E-state index in [0.29, 0.717) is 16.7 Å². The molecular formula is C33H48ClIN6. The SMILES string of the molecule is C=C/C(=C\C=C(/C)c1ccccc1/C(=N/N)NN)C(C)N=C(NC(=C)CCCC)c1ccccc1Cl.CCC.CI. The number of benzene rings is 2. The average Bonchev–Trinajstić information content (AvgIpc) is 2.98. The molecule has 0 radical (unpaired) electrons. The van der Waals surface area contributed by atoms with Gasteiger partial charge in [-0.15, -0.1) is 0 Å². The lowest BCUT2D eigenvalue weighted by molar-refractivity contribution is 0.762. The van der Waals surface area contributed by atoms with Gasteiger partial charge in [0.25, 0.3) is 0 Å². The van der Waals surface area contributed by atoms with Crippen molar-refractivity contribution in [2.24, 2.45) is 21.8 Å². The van der Waals surface area contributed by atoms with Crippen molar-refractivity contribution in [3.8, 4) is 0 Å². The molecule has 8 heteroatoms. The molecule has 2 aromatic rings. The Kier molecular flexibility index (Phi) is 21.2. The molecule has 224 valence electrons. The number of nitrogens with two attached hydrogens (primary N) is 2. The molecule has 0 bridgehead atoms. The first-order valence-electron chi connectivity index (χ1n) is 13.8. The van der Waals surface area contributed by atoms with E-state index in [1.54, 1.807) is 0 Å². The van der Waals surface area contributed by atoms with Crippen LogP contribution in [0.15, 0.2) is 101 Å². The highest BCUT2D eigenvalue weighted by Crippen LogP contribution is 2.21. The van der Waals surface area contributed by atoms with Gasteiger partial charge in [-0.05, 0) is 60.5 Å². The molecule has 6 nitrogen and oxygen atoms in total. The maximum absolute atomic E-state index is 6.51. The summed E-state index contributed by atoms with van der Waals surface area (Å²) in [5.74, 6) is 12.2. The van der Waals surface area contributed by atoms with Crippen LogP contribution in [0.2, 0.25) is 5.02 Å².